The number of rotatable bonds is 34. The third kappa shape index (κ3) is 31.9. The summed E-state index contributed by atoms with van der Waals surface area (Å²) in [5.74, 6) is -26.8. The van der Waals surface area contributed by atoms with Crippen molar-refractivity contribution in [3.63, 3.8) is 0 Å². The molecule has 112 heavy (non-hydrogen) atoms. The van der Waals surface area contributed by atoms with Gasteiger partial charge in [0, 0.05) is 56.9 Å². The first-order valence-electron chi connectivity index (χ1n) is 36.3. The summed E-state index contributed by atoms with van der Waals surface area (Å²) >= 11 is 0. The van der Waals surface area contributed by atoms with Gasteiger partial charge in [-0.15, -0.1) is 0 Å². The minimum absolute atomic E-state index is 0.0167. The number of aliphatic hydroxyl groups excluding tert-OH is 1. The van der Waals surface area contributed by atoms with E-state index in [4.69, 9.17) is 20.9 Å². The molecule has 14 unspecified atom stereocenters. The van der Waals surface area contributed by atoms with Crippen molar-refractivity contribution in [1.29, 1.82) is 0 Å². The van der Waals surface area contributed by atoms with Gasteiger partial charge in [-0.3, -0.25) is 81.5 Å². The Hall–Kier alpha value is -11.4. The summed E-state index contributed by atoms with van der Waals surface area (Å²) in [6.07, 6.45) is -6.27. The molecule has 0 bridgehead atoms. The molecule has 0 spiro atoms. The van der Waals surface area contributed by atoms with Crippen LogP contribution in [0.5, 0.6) is 0 Å². The minimum Gasteiger partial charge on any atom is -0.481 e. The number of H-pyrrole nitrogens is 1. The van der Waals surface area contributed by atoms with E-state index < -0.39 is 248 Å². The average molecular weight is 1590 g/mol. The number of unbranched alkanes of at least 4 members (excludes halogenated alkanes) is 4. The van der Waals surface area contributed by atoms with Crippen LogP contribution >= 0.6 is 0 Å². The number of hydrogen-bond acceptors (Lipinski definition) is 23. The monoisotopic (exact) mass is 1590 g/mol. The lowest BCUT2D eigenvalue weighted by Crippen LogP contribution is -2.64. The van der Waals surface area contributed by atoms with E-state index in [2.05, 4.69) is 77.3 Å². The van der Waals surface area contributed by atoms with Gasteiger partial charge in [0.2, 0.25) is 82.7 Å². The van der Waals surface area contributed by atoms with Crippen molar-refractivity contribution in [2.45, 2.75) is 230 Å². The number of esters is 1. The van der Waals surface area contributed by atoms with Crippen LogP contribution in [0.25, 0.3) is 10.9 Å². The number of aliphatic carboxylic acids is 4. The molecule has 1 aromatic heterocycles. The Morgan fingerprint density at radius 2 is 1.19 bits per heavy atom. The van der Waals surface area contributed by atoms with Gasteiger partial charge < -0.3 is 120 Å². The van der Waals surface area contributed by atoms with E-state index in [1.54, 1.807) is 30.5 Å². The maximum absolute atomic E-state index is 14.9. The van der Waals surface area contributed by atoms with Gasteiger partial charge in [0.25, 0.3) is 0 Å². The summed E-state index contributed by atoms with van der Waals surface area (Å²) in [4.78, 5) is 263. The number of fused-ring (bicyclic) bond motifs is 1. The number of nitrogens with zero attached hydrogens (tertiary/aromatic N) is 1. The van der Waals surface area contributed by atoms with Crippen molar-refractivity contribution in [1.82, 2.24) is 73.7 Å². The molecule has 1 fully saturated rings. The number of ether oxygens (including phenoxy) is 2. The largest absolute Gasteiger partial charge is 0.481 e. The van der Waals surface area contributed by atoms with Crippen molar-refractivity contribution >= 4 is 123 Å². The van der Waals surface area contributed by atoms with Crippen LogP contribution in [0.4, 0.5) is 0 Å². The normalized spacial score (nSPS) is 22.0. The Bertz CT molecular complexity index is 3700. The van der Waals surface area contributed by atoms with Gasteiger partial charge in [-0.05, 0) is 89.3 Å². The molecule has 1 aliphatic heterocycles. The van der Waals surface area contributed by atoms with Crippen LogP contribution < -0.4 is 75.3 Å². The number of para-hydroxylation sites is 1. The lowest BCUT2D eigenvalue weighted by Gasteiger charge is -2.32. The molecule has 14 amide bonds. The van der Waals surface area contributed by atoms with Gasteiger partial charge in [0.05, 0.1) is 19.5 Å². The third-order valence-electron chi connectivity index (χ3n) is 17.7. The zero-order chi connectivity index (χ0) is 84.4. The lowest BCUT2D eigenvalue weighted by molar-refractivity contribution is -0.159. The second kappa shape index (κ2) is 46.9. The summed E-state index contributed by atoms with van der Waals surface area (Å²) in [5, 5.41) is 78.1. The minimum atomic E-state index is -2.78. The fraction of sp³-hybridized carbons (Fsp3) is 0.614. The number of likely N-dealkylation sites (N-methyl/N-ethyl adjacent to an activating group) is 1. The zero-order valence-corrected chi connectivity index (χ0v) is 63.8. The van der Waals surface area contributed by atoms with Gasteiger partial charge in [0.1, 0.15) is 72.6 Å². The van der Waals surface area contributed by atoms with Crippen molar-refractivity contribution in [2.75, 3.05) is 33.8 Å². The number of aliphatic hydroxyl groups is 1. The molecule has 0 saturated carbocycles. The highest BCUT2D eigenvalue weighted by Gasteiger charge is 2.43. The molecule has 622 valence electrons. The summed E-state index contributed by atoms with van der Waals surface area (Å²) in [5.41, 5.74) is 12.3. The molecular weight excluding hydrogens is 1480 g/mol. The summed E-state index contributed by atoms with van der Waals surface area (Å²) < 4.78 is 10.7. The molecule has 22 N–H and O–H groups in total. The van der Waals surface area contributed by atoms with Crippen molar-refractivity contribution < 1.29 is 126 Å². The molecule has 2 heterocycles. The fourth-order valence-corrected chi connectivity index (χ4v) is 11.4. The number of nitrogens with two attached hydrogens (primary N) is 2. The quantitative estimate of drug-likeness (QED) is 0.0230. The third-order valence-corrected chi connectivity index (χ3v) is 17.7. The number of carbonyl (C=O) groups excluding carboxylic acids is 15. The topological polar surface area (TPSA) is 659 Å². The van der Waals surface area contributed by atoms with Gasteiger partial charge in [-0.25, -0.2) is 9.59 Å². The van der Waals surface area contributed by atoms with Crippen LogP contribution in [0.2, 0.25) is 0 Å². The maximum atomic E-state index is 14.9. The number of nitrogens with one attached hydrogen (secondary N) is 13. The summed E-state index contributed by atoms with van der Waals surface area (Å²) in [7, 11) is 1.75. The molecule has 14 atom stereocenters. The van der Waals surface area contributed by atoms with Crippen molar-refractivity contribution in [2.24, 2.45) is 23.3 Å². The van der Waals surface area contributed by atoms with Gasteiger partial charge >= 0.3 is 29.8 Å². The smallest absolute Gasteiger partial charge is 0.335 e. The second-order valence-electron chi connectivity index (χ2n) is 27.7. The van der Waals surface area contributed by atoms with Crippen LogP contribution in [-0.2, 0) is 107 Å². The molecule has 0 aliphatic carbocycles. The number of carboxylic acid groups (broad SMARTS) is 4. The lowest BCUT2D eigenvalue weighted by atomic mass is 10.0. The van der Waals surface area contributed by atoms with Crippen molar-refractivity contribution in [3.05, 3.63) is 36.0 Å². The number of methoxy groups -OCH3 is 1. The molecule has 42 heteroatoms. The number of cyclic esters (lactones) is 1. The highest BCUT2D eigenvalue weighted by Crippen LogP contribution is 2.21. The van der Waals surface area contributed by atoms with Crippen LogP contribution in [0.3, 0.4) is 0 Å². The molecule has 1 aliphatic rings. The van der Waals surface area contributed by atoms with Gasteiger partial charge in [0.15, 0.2) is 12.2 Å². The Balaban J connectivity index is 2.22. The molecule has 2 aromatic rings. The number of benzene rings is 1. The van der Waals surface area contributed by atoms with E-state index >= 15 is 0 Å². The molecule has 42 nitrogen and oxygen atoms in total. The first-order valence-corrected chi connectivity index (χ1v) is 36.3. The Labute approximate surface area is 643 Å². The van der Waals surface area contributed by atoms with E-state index in [-0.39, 0.29) is 38.6 Å². The molecule has 0 radical (unpaired) electrons. The van der Waals surface area contributed by atoms with E-state index in [0.29, 0.717) is 40.1 Å². The highest BCUT2D eigenvalue weighted by atomic mass is 16.5. The molecule has 1 aromatic carbocycles. The number of primary amides is 1. The van der Waals surface area contributed by atoms with E-state index in [1.807, 2.05) is 5.32 Å². The number of hydrogen-bond donors (Lipinski definition) is 20. The predicted molar refractivity (Wildman–Crippen MR) is 391 cm³/mol. The molecular formula is C70H106N16O26. The highest BCUT2D eigenvalue weighted by molar-refractivity contribution is 6.02. The first kappa shape index (κ1) is 94.8. The predicted octanol–water partition coefficient (Wildman–Crippen LogP) is -5.47. The van der Waals surface area contributed by atoms with E-state index in [0.717, 1.165) is 54.2 Å². The average Bonchev–Trinajstić information content (AvgIpc) is 1.26. The van der Waals surface area contributed by atoms with Crippen LogP contribution in [0.1, 0.15) is 144 Å². The SMILES string of the molecule is COC(C(=O)O)C1NC(=O)C(CCCCN)NC(=O)C(CC(=O)O)NC(=O)C(C)NC(=O)CN(C)C(=O)C(NC(=O)C(NC(=O)C(CCC(=O)O)NC(=O)C(Cc2c[nH]c3ccccc23)NC(=O)CCCCCCC(C)C)C(O)C(N)=O)C(C)OC(=O)C(C(C)C)NC(=O)C(CCC(=O)O)NC(=O)C(C)NC(=O)CNC1=O. The summed E-state index contributed by atoms with van der Waals surface area (Å²) in [6.45, 7) is 7.75. The Morgan fingerprint density at radius 1 is 0.616 bits per heavy atom. The maximum Gasteiger partial charge on any atom is 0.335 e. The number of aromatic amines is 1. The first-order chi connectivity index (χ1) is 52.6. The van der Waals surface area contributed by atoms with E-state index in [9.17, 15) is 117 Å². The number of amides is 14. The number of carbonyl (C=O) groups is 19. The molecule has 1 saturated heterocycles. The van der Waals surface area contributed by atoms with E-state index in [1.165, 1.54) is 13.8 Å². The fourth-order valence-electron chi connectivity index (χ4n) is 11.4. The Kier molecular flexibility index (Phi) is 39.7. The van der Waals surface area contributed by atoms with Crippen LogP contribution in [0.15, 0.2) is 30.5 Å². The number of carboxylic acids is 4. The van der Waals surface area contributed by atoms with Gasteiger partial charge in [-0.2, -0.15) is 0 Å². The summed E-state index contributed by atoms with van der Waals surface area (Å²) in [6, 6.07) is -14.7. The molecule has 3 rings (SSSR count). The van der Waals surface area contributed by atoms with Crippen molar-refractivity contribution in [3.8, 4) is 0 Å². The van der Waals surface area contributed by atoms with Crippen LogP contribution in [-0.4, -0.2) is 267 Å². The zero-order valence-electron chi connectivity index (χ0n) is 63.8. The second-order valence-corrected chi connectivity index (χ2v) is 27.7. The van der Waals surface area contributed by atoms with Gasteiger partial charge in [-0.1, -0.05) is 71.6 Å². The Morgan fingerprint density at radius 3 is 1.77 bits per heavy atom. The number of aromatic nitrogens is 1. The van der Waals surface area contributed by atoms with Crippen LogP contribution in [0, 0.1) is 11.8 Å². The standard InChI is InChI=1S/C70H106N16O26/c1-33(2)18-12-10-11-13-22-46(87)77-44(28-38-30-73-40-20-15-14-19-39(38)40)64(103)80-43(24-26-50(92)93)63(102)84-54(56(96)58(72)97)67(106)83-53-37(7)112-70(110)52(34(3)4)82-62(101)42(23-25-49(90)91)78-59(98)35(5)75-47(88)31-74-66(105)55(57(111-9)69(108)109)85-61(100)41(21-16-17-27-71)79-65(104)45(29-51(94)95)81-60(99)36(6)76-48(89)32-86(8)68(53)107/h14-15,19-20,30,33-37,41-45,52-57,73,96H,10-13,16-18,21-29,31-32,71H2,1-9H3,(H2,72,97)(H,74,105)(H,75,88)(H,76,89)(H,77,87)(H,78,98)(H,79,104)(H,80,103)(H,81,99)(H,82,101)(H,83,106)(H,84,102)(H,85,100)(H,90,91)(H,92,93)(H,94,95)(H,108,109).